The maximum absolute atomic E-state index is 10.7. The summed E-state index contributed by atoms with van der Waals surface area (Å²) in [6.45, 7) is 3.83. The Kier molecular flexibility index (Phi) is 2.99. The van der Waals surface area contributed by atoms with Gasteiger partial charge in [-0.1, -0.05) is 6.92 Å². The van der Waals surface area contributed by atoms with Crippen LogP contribution in [0.1, 0.15) is 12.8 Å². The molecule has 0 saturated heterocycles. The normalized spacial score (nSPS) is 12.6. The summed E-state index contributed by atoms with van der Waals surface area (Å²) >= 11 is 0. The molecule has 0 aliphatic rings. The highest BCUT2D eigenvalue weighted by Crippen LogP contribution is 2.19. The van der Waals surface area contributed by atoms with Gasteiger partial charge in [0.2, 0.25) is 0 Å². The van der Waals surface area contributed by atoms with Crippen LogP contribution in [0.25, 0.3) is 11.1 Å². The minimum Gasteiger partial charge on any atom is -0.481 e. The van der Waals surface area contributed by atoms with E-state index in [1.54, 1.807) is 13.8 Å². The lowest BCUT2D eigenvalue weighted by atomic mass is 10.2. The summed E-state index contributed by atoms with van der Waals surface area (Å²) in [6, 6.07) is 5.53. The third-order valence-corrected chi connectivity index (χ3v) is 2.53. The molecule has 90 valence electrons. The van der Waals surface area contributed by atoms with E-state index in [2.05, 4.69) is 10.3 Å². The van der Waals surface area contributed by atoms with Gasteiger partial charge in [-0.05, 0) is 12.1 Å². The van der Waals surface area contributed by atoms with Crippen LogP contribution in [-0.4, -0.2) is 22.6 Å². The van der Waals surface area contributed by atoms with Gasteiger partial charge in [-0.25, -0.2) is 4.98 Å². The number of carboxylic acid groups (broad SMARTS) is 1. The predicted octanol–water partition coefficient (Wildman–Crippen LogP) is 2.27. The van der Waals surface area contributed by atoms with Gasteiger partial charge in [0.1, 0.15) is 5.52 Å². The summed E-state index contributed by atoms with van der Waals surface area (Å²) in [6.07, 6.45) is 0. The van der Waals surface area contributed by atoms with Crippen molar-refractivity contribution in [2.24, 2.45) is 5.92 Å². The number of carbonyl (C=O) groups is 1. The second-order valence-corrected chi connectivity index (χ2v) is 4.04. The molecule has 5 nitrogen and oxygen atoms in total. The summed E-state index contributed by atoms with van der Waals surface area (Å²) in [7, 11) is 0. The van der Waals surface area contributed by atoms with Crippen LogP contribution in [-0.2, 0) is 4.79 Å². The first kappa shape index (κ1) is 11.4. The van der Waals surface area contributed by atoms with Gasteiger partial charge in [-0.2, -0.15) is 0 Å². The number of aromatic nitrogens is 1. The van der Waals surface area contributed by atoms with Crippen molar-refractivity contribution in [1.82, 2.24) is 4.98 Å². The number of nitrogens with one attached hydrogen (secondary N) is 1. The first-order valence-corrected chi connectivity index (χ1v) is 5.40. The maximum atomic E-state index is 10.7. The first-order valence-electron chi connectivity index (χ1n) is 5.40. The molecule has 1 heterocycles. The SMILES string of the molecule is Cc1nc2ccc(NCC(C)C(=O)O)cc2o1. The van der Waals surface area contributed by atoms with Gasteiger partial charge in [0.25, 0.3) is 0 Å². The van der Waals surface area contributed by atoms with Crippen LogP contribution in [0.5, 0.6) is 0 Å². The number of nitrogens with zero attached hydrogens (tertiary/aromatic N) is 1. The molecule has 17 heavy (non-hydrogen) atoms. The number of fused-ring (bicyclic) bond motifs is 1. The Labute approximate surface area is 98.5 Å². The van der Waals surface area contributed by atoms with Gasteiger partial charge in [0.15, 0.2) is 11.5 Å². The quantitative estimate of drug-likeness (QED) is 0.848. The highest BCUT2D eigenvalue weighted by Gasteiger charge is 2.10. The fourth-order valence-corrected chi connectivity index (χ4v) is 1.51. The van der Waals surface area contributed by atoms with Crippen molar-refractivity contribution < 1.29 is 14.3 Å². The molecule has 1 atom stereocenters. The molecule has 2 N–H and O–H groups in total. The van der Waals surface area contributed by atoms with E-state index in [-0.39, 0.29) is 0 Å². The van der Waals surface area contributed by atoms with Crippen LogP contribution < -0.4 is 5.32 Å². The summed E-state index contributed by atoms with van der Waals surface area (Å²) in [5.74, 6) is -0.618. The summed E-state index contributed by atoms with van der Waals surface area (Å²) in [4.78, 5) is 14.9. The minimum atomic E-state index is -0.811. The van der Waals surface area contributed by atoms with Crippen LogP contribution >= 0.6 is 0 Å². The van der Waals surface area contributed by atoms with Crippen LogP contribution in [0.4, 0.5) is 5.69 Å². The number of hydrogen-bond acceptors (Lipinski definition) is 4. The number of anilines is 1. The number of rotatable bonds is 4. The standard InChI is InChI=1S/C12H14N2O3/c1-7(12(15)16)6-13-9-3-4-10-11(5-9)17-8(2)14-10/h3-5,7,13H,6H2,1-2H3,(H,15,16). The predicted molar refractivity (Wildman–Crippen MR) is 64.0 cm³/mol. The van der Waals surface area contributed by atoms with Crippen molar-refractivity contribution in [3.63, 3.8) is 0 Å². The Morgan fingerprint density at radius 1 is 1.59 bits per heavy atom. The molecule has 5 heteroatoms. The molecule has 2 rings (SSSR count). The average molecular weight is 234 g/mol. The van der Waals surface area contributed by atoms with E-state index < -0.39 is 11.9 Å². The number of benzene rings is 1. The number of carboxylic acids is 1. The smallest absolute Gasteiger partial charge is 0.308 e. The Morgan fingerprint density at radius 2 is 2.35 bits per heavy atom. The molecular formula is C12H14N2O3. The lowest BCUT2D eigenvalue weighted by Crippen LogP contribution is -2.19. The second-order valence-electron chi connectivity index (χ2n) is 4.04. The van der Waals surface area contributed by atoms with E-state index >= 15 is 0 Å². The third-order valence-electron chi connectivity index (χ3n) is 2.53. The van der Waals surface area contributed by atoms with E-state index in [9.17, 15) is 4.79 Å². The van der Waals surface area contributed by atoms with E-state index in [4.69, 9.17) is 9.52 Å². The molecular weight excluding hydrogens is 220 g/mol. The maximum Gasteiger partial charge on any atom is 0.308 e. The molecule has 0 radical (unpaired) electrons. The molecule has 1 unspecified atom stereocenters. The van der Waals surface area contributed by atoms with Gasteiger partial charge in [-0.15, -0.1) is 0 Å². The highest BCUT2D eigenvalue weighted by molar-refractivity contribution is 5.77. The van der Waals surface area contributed by atoms with Gasteiger partial charge >= 0.3 is 5.97 Å². The average Bonchev–Trinajstić information content (AvgIpc) is 2.64. The third kappa shape index (κ3) is 2.55. The van der Waals surface area contributed by atoms with Crippen LogP contribution in [0.2, 0.25) is 0 Å². The topological polar surface area (TPSA) is 75.4 Å². The minimum absolute atomic E-state index is 0.383. The fraction of sp³-hybridized carbons (Fsp3) is 0.333. The summed E-state index contributed by atoms with van der Waals surface area (Å²) < 4.78 is 5.40. The van der Waals surface area contributed by atoms with Crippen LogP contribution in [0.3, 0.4) is 0 Å². The molecule has 0 saturated carbocycles. The number of aliphatic carboxylic acids is 1. The van der Waals surface area contributed by atoms with Crippen molar-refractivity contribution >= 4 is 22.8 Å². The number of aryl methyl sites for hydroxylation is 1. The largest absolute Gasteiger partial charge is 0.481 e. The molecule has 0 aliphatic carbocycles. The Bertz CT molecular complexity index is 548. The van der Waals surface area contributed by atoms with Gasteiger partial charge < -0.3 is 14.8 Å². The van der Waals surface area contributed by atoms with Crippen molar-refractivity contribution in [3.05, 3.63) is 24.1 Å². The lowest BCUT2D eigenvalue weighted by Gasteiger charge is -2.08. The van der Waals surface area contributed by atoms with Crippen molar-refractivity contribution in [3.8, 4) is 0 Å². The Morgan fingerprint density at radius 3 is 3.06 bits per heavy atom. The van der Waals surface area contributed by atoms with Gasteiger partial charge in [-0.3, -0.25) is 4.79 Å². The number of oxazole rings is 1. The Hall–Kier alpha value is -2.04. The fourth-order valence-electron chi connectivity index (χ4n) is 1.51. The van der Waals surface area contributed by atoms with Crippen LogP contribution in [0, 0.1) is 12.8 Å². The molecule has 1 aromatic carbocycles. The van der Waals surface area contributed by atoms with Gasteiger partial charge in [0, 0.05) is 25.2 Å². The molecule has 0 spiro atoms. The van der Waals surface area contributed by atoms with Crippen molar-refractivity contribution in [2.75, 3.05) is 11.9 Å². The van der Waals surface area contributed by atoms with Crippen molar-refractivity contribution in [2.45, 2.75) is 13.8 Å². The van der Waals surface area contributed by atoms with E-state index in [1.165, 1.54) is 0 Å². The highest BCUT2D eigenvalue weighted by atomic mass is 16.4. The monoisotopic (exact) mass is 234 g/mol. The van der Waals surface area contributed by atoms with E-state index in [1.807, 2.05) is 18.2 Å². The molecule has 0 aliphatic heterocycles. The zero-order valence-electron chi connectivity index (χ0n) is 9.73. The lowest BCUT2D eigenvalue weighted by molar-refractivity contribution is -0.140. The Balaban J connectivity index is 2.11. The van der Waals surface area contributed by atoms with E-state index in [0.29, 0.717) is 18.0 Å². The van der Waals surface area contributed by atoms with Crippen molar-refractivity contribution in [1.29, 1.82) is 0 Å². The molecule has 1 aromatic heterocycles. The molecule has 0 bridgehead atoms. The summed E-state index contributed by atoms with van der Waals surface area (Å²) in [5.41, 5.74) is 2.34. The molecule has 2 aromatic rings. The van der Waals surface area contributed by atoms with Gasteiger partial charge in [0.05, 0.1) is 5.92 Å². The van der Waals surface area contributed by atoms with E-state index in [0.717, 1.165) is 11.2 Å². The second kappa shape index (κ2) is 4.45. The summed E-state index contributed by atoms with van der Waals surface area (Å²) in [5, 5.41) is 11.8. The molecule has 0 amide bonds. The van der Waals surface area contributed by atoms with Crippen LogP contribution in [0.15, 0.2) is 22.6 Å². The zero-order valence-corrected chi connectivity index (χ0v) is 9.73. The first-order chi connectivity index (χ1) is 8.06. The molecule has 0 fully saturated rings. The number of hydrogen-bond donors (Lipinski definition) is 2. The zero-order chi connectivity index (χ0) is 12.4.